The van der Waals surface area contributed by atoms with Gasteiger partial charge in [0.25, 0.3) is 0 Å². The largest absolute Gasteiger partial charge is 0.319 e. The van der Waals surface area contributed by atoms with E-state index in [-0.39, 0.29) is 0 Å². The molecule has 0 unspecified atom stereocenters. The number of likely N-dealkylation sites (N-methyl/N-ethyl adjacent to an activating group) is 1. The fraction of sp³-hybridized carbons (Fsp3) is 0.600. The minimum absolute atomic E-state index is 0.369. The lowest BCUT2D eigenvalue weighted by Gasteiger charge is -2.50. The van der Waals surface area contributed by atoms with E-state index in [0.717, 1.165) is 18.4 Å². The zero-order valence-corrected chi connectivity index (χ0v) is 12.5. The molecule has 1 aliphatic rings. The molecule has 0 aromatic heterocycles. The normalized spacial score (nSPS) is 28.2. The second-order valence-electron chi connectivity index (χ2n) is 5.73. The molecular weight excluding hydrogens is 274 g/mol. The van der Waals surface area contributed by atoms with Crippen LogP contribution in [0, 0.1) is 11.8 Å². The molecule has 1 N–H and O–H groups in total. The molecule has 1 aromatic rings. The smallest absolute Gasteiger partial charge is 0.0178 e. The maximum Gasteiger partial charge on any atom is 0.0178 e. The molecule has 2 rings (SSSR count). The molecule has 1 nitrogen and oxygen atoms in total. The Morgan fingerprint density at radius 3 is 2.65 bits per heavy atom. The molecule has 0 heterocycles. The van der Waals surface area contributed by atoms with Gasteiger partial charge in [-0.3, -0.25) is 0 Å². The predicted molar refractivity (Wildman–Crippen MR) is 77.3 cm³/mol. The van der Waals surface area contributed by atoms with Crippen LogP contribution in [-0.4, -0.2) is 13.6 Å². The van der Waals surface area contributed by atoms with Crippen LogP contribution in [0.3, 0.4) is 0 Å². The summed E-state index contributed by atoms with van der Waals surface area (Å²) in [7, 11) is 2.06. The van der Waals surface area contributed by atoms with Crippen molar-refractivity contribution in [2.75, 3.05) is 13.6 Å². The van der Waals surface area contributed by atoms with Gasteiger partial charge in [0.15, 0.2) is 0 Å². The van der Waals surface area contributed by atoms with Gasteiger partial charge in [-0.15, -0.1) is 0 Å². The van der Waals surface area contributed by atoms with Crippen molar-refractivity contribution < 1.29 is 0 Å². The van der Waals surface area contributed by atoms with Crippen LogP contribution in [-0.2, 0) is 5.41 Å². The molecule has 1 saturated carbocycles. The molecule has 94 valence electrons. The predicted octanol–water partition coefficient (Wildman–Crippen LogP) is 3.97. The summed E-state index contributed by atoms with van der Waals surface area (Å²) in [5.74, 6) is 1.70. The number of benzene rings is 1. The van der Waals surface area contributed by atoms with Crippen LogP contribution in [0.1, 0.15) is 32.3 Å². The van der Waals surface area contributed by atoms with E-state index in [1.54, 1.807) is 0 Å². The summed E-state index contributed by atoms with van der Waals surface area (Å²) in [6, 6.07) is 8.82. The Balaban J connectivity index is 2.20. The van der Waals surface area contributed by atoms with Crippen LogP contribution in [0.4, 0.5) is 0 Å². The van der Waals surface area contributed by atoms with E-state index in [1.807, 2.05) is 0 Å². The maximum absolute atomic E-state index is 3.58. The highest BCUT2D eigenvalue weighted by Gasteiger charge is 2.45. The lowest BCUT2D eigenvalue weighted by Crippen LogP contribution is -2.49. The van der Waals surface area contributed by atoms with E-state index in [1.165, 1.54) is 22.9 Å². The van der Waals surface area contributed by atoms with Crippen molar-refractivity contribution in [1.82, 2.24) is 5.32 Å². The van der Waals surface area contributed by atoms with E-state index in [2.05, 4.69) is 66.4 Å². The number of nitrogens with one attached hydrogen (secondary N) is 1. The first-order valence-electron chi connectivity index (χ1n) is 6.48. The Hall–Kier alpha value is -0.340. The maximum atomic E-state index is 3.58. The second-order valence-corrected chi connectivity index (χ2v) is 6.65. The van der Waals surface area contributed by atoms with Crippen LogP contribution < -0.4 is 5.32 Å². The van der Waals surface area contributed by atoms with Crippen molar-refractivity contribution in [3.8, 4) is 0 Å². The minimum Gasteiger partial charge on any atom is -0.319 e. The average molecular weight is 296 g/mol. The fourth-order valence-corrected chi connectivity index (χ4v) is 3.45. The average Bonchev–Trinajstić information content (AvgIpc) is 2.22. The summed E-state index contributed by atoms with van der Waals surface area (Å²) in [5.41, 5.74) is 1.85. The Bertz CT molecular complexity index is 380. The van der Waals surface area contributed by atoms with Crippen LogP contribution in [0.15, 0.2) is 28.7 Å². The summed E-state index contributed by atoms with van der Waals surface area (Å²) in [6.45, 7) is 5.77. The summed E-state index contributed by atoms with van der Waals surface area (Å²) in [4.78, 5) is 0. The van der Waals surface area contributed by atoms with E-state index >= 15 is 0 Å². The first-order valence-corrected chi connectivity index (χ1v) is 7.27. The van der Waals surface area contributed by atoms with Crippen molar-refractivity contribution in [2.24, 2.45) is 11.8 Å². The first kappa shape index (κ1) is 13.1. The number of halogens is 1. The van der Waals surface area contributed by atoms with Gasteiger partial charge in [-0.1, -0.05) is 41.9 Å². The van der Waals surface area contributed by atoms with Gasteiger partial charge >= 0.3 is 0 Å². The third-order valence-corrected chi connectivity index (χ3v) is 4.69. The van der Waals surface area contributed by atoms with Gasteiger partial charge in [0.2, 0.25) is 0 Å². The molecule has 0 amide bonds. The Morgan fingerprint density at radius 1 is 1.41 bits per heavy atom. The lowest BCUT2D eigenvalue weighted by molar-refractivity contribution is 0.0995. The third kappa shape index (κ3) is 2.58. The molecule has 2 heteroatoms. The van der Waals surface area contributed by atoms with Gasteiger partial charge in [-0.25, -0.2) is 0 Å². The minimum atomic E-state index is 0.369. The first-order chi connectivity index (χ1) is 8.07. The van der Waals surface area contributed by atoms with Crippen LogP contribution in [0.5, 0.6) is 0 Å². The number of rotatable bonds is 4. The Labute approximate surface area is 113 Å². The molecular formula is C15H22BrN. The summed E-state index contributed by atoms with van der Waals surface area (Å²) in [5, 5.41) is 3.37. The number of hydrogen-bond donors (Lipinski definition) is 1. The molecule has 1 fully saturated rings. The number of hydrogen-bond acceptors (Lipinski definition) is 1. The van der Waals surface area contributed by atoms with Crippen molar-refractivity contribution >= 4 is 15.9 Å². The molecule has 0 bridgehead atoms. The quantitative estimate of drug-likeness (QED) is 0.886. The standard InChI is InChI=1S/C15H22BrN/c1-11(2)12-8-15(9-12,10-17-3)13-5-4-6-14(16)7-13/h4-7,11-12,17H,8-10H2,1-3H3. The molecule has 1 aliphatic carbocycles. The lowest BCUT2D eigenvalue weighted by atomic mass is 9.56. The van der Waals surface area contributed by atoms with E-state index in [4.69, 9.17) is 0 Å². The van der Waals surface area contributed by atoms with E-state index in [0.29, 0.717) is 5.41 Å². The van der Waals surface area contributed by atoms with Gasteiger partial charge in [0.1, 0.15) is 0 Å². The molecule has 0 saturated heterocycles. The zero-order chi connectivity index (χ0) is 12.5. The fourth-order valence-electron chi connectivity index (χ4n) is 3.05. The van der Waals surface area contributed by atoms with Gasteiger partial charge in [0.05, 0.1) is 0 Å². The molecule has 0 aliphatic heterocycles. The van der Waals surface area contributed by atoms with Gasteiger partial charge in [-0.2, -0.15) is 0 Å². The topological polar surface area (TPSA) is 12.0 Å². The molecule has 0 atom stereocenters. The van der Waals surface area contributed by atoms with Gasteiger partial charge in [-0.05, 0) is 49.4 Å². The molecule has 1 aromatic carbocycles. The Kier molecular flexibility index (Phi) is 3.94. The highest BCUT2D eigenvalue weighted by molar-refractivity contribution is 9.10. The van der Waals surface area contributed by atoms with E-state index < -0.39 is 0 Å². The molecule has 17 heavy (non-hydrogen) atoms. The van der Waals surface area contributed by atoms with E-state index in [9.17, 15) is 0 Å². The Morgan fingerprint density at radius 2 is 2.12 bits per heavy atom. The summed E-state index contributed by atoms with van der Waals surface area (Å²) < 4.78 is 1.19. The summed E-state index contributed by atoms with van der Waals surface area (Å²) in [6.07, 6.45) is 2.64. The van der Waals surface area contributed by atoms with Crippen LogP contribution in [0.2, 0.25) is 0 Å². The third-order valence-electron chi connectivity index (χ3n) is 4.20. The second kappa shape index (κ2) is 5.11. The molecule has 0 radical (unpaired) electrons. The summed E-state index contributed by atoms with van der Waals surface area (Å²) >= 11 is 3.58. The van der Waals surface area contributed by atoms with Crippen LogP contribution in [0.25, 0.3) is 0 Å². The van der Waals surface area contributed by atoms with Crippen molar-refractivity contribution in [1.29, 1.82) is 0 Å². The van der Waals surface area contributed by atoms with Crippen molar-refractivity contribution in [3.63, 3.8) is 0 Å². The van der Waals surface area contributed by atoms with Crippen molar-refractivity contribution in [2.45, 2.75) is 32.1 Å². The molecule has 0 spiro atoms. The monoisotopic (exact) mass is 295 g/mol. The SMILES string of the molecule is CNCC1(c2cccc(Br)c2)CC(C(C)C)C1. The zero-order valence-electron chi connectivity index (χ0n) is 11.0. The van der Waals surface area contributed by atoms with Gasteiger partial charge in [0, 0.05) is 16.4 Å². The highest BCUT2D eigenvalue weighted by atomic mass is 79.9. The van der Waals surface area contributed by atoms with Crippen LogP contribution >= 0.6 is 15.9 Å². The van der Waals surface area contributed by atoms with Crippen molar-refractivity contribution in [3.05, 3.63) is 34.3 Å². The van der Waals surface area contributed by atoms with Gasteiger partial charge < -0.3 is 5.32 Å². The highest BCUT2D eigenvalue weighted by Crippen LogP contribution is 2.50.